The van der Waals surface area contributed by atoms with E-state index in [0.29, 0.717) is 10.8 Å². The maximum Gasteiger partial charge on any atom is 0.490 e. The maximum atomic E-state index is 13.2. The van der Waals surface area contributed by atoms with E-state index in [9.17, 15) is 21.6 Å². The molecular formula is C23H24F3N3O4S. The summed E-state index contributed by atoms with van der Waals surface area (Å²) in [5.74, 6) is -2.08. The summed E-state index contributed by atoms with van der Waals surface area (Å²) in [5.41, 5.74) is 3.12. The van der Waals surface area contributed by atoms with Crippen LogP contribution in [0.15, 0.2) is 59.6 Å². The highest BCUT2D eigenvalue weighted by atomic mass is 32.2. The Morgan fingerprint density at radius 1 is 1.06 bits per heavy atom. The van der Waals surface area contributed by atoms with Gasteiger partial charge in [0.2, 0.25) is 0 Å². The van der Waals surface area contributed by atoms with E-state index in [1.165, 1.54) is 16.0 Å². The highest BCUT2D eigenvalue weighted by molar-refractivity contribution is 7.90. The van der Waals surface area contributed by atoms with Gasteiger partial charge < -0.3 is 10.4 Å². The van der Waals surface area contributed by atoms with Crippen molar-refractivity contribution in [2.75, 3.05) is 19.6 Å². The van der Waals surface area contributed by atoms with Gasteiger partial charge in [-0.1, -0.05) is 30.3 Å². The second kappa shape index (κ2) is 9.40. The van der Waals surface area contributed by atoms with E-state index < -0.39 is 22.2 Å². The number of halogens is 3. The number of hydrogen-bond acceptors (Lipinski definition) is 5. The molecular weight excluding hydrogens is 471 g/mol. The van der Waals surface area contributed by atoms with Crippen molar-refractivity contribution >= 4 is 26.9 Å². The van der Waals surface area contributed by atoms with Gasteiger partial charge in [-0.2, -0.15) is 13.2 Å². The van der Waals surface area contributed by atoms with Crippen molar-refractivity contribution in [2.45, 2.75) is 30.6 Å². The fourth-order valence-corrected chi connectivity index (χ4v) is 5.88. The van der Waals surface area contributed by atoms with Gasteiger partial charge >= 0.3 is 12.1 Å². The Kier molecular flexibility index (Phi) is 6.70. The summed E-state index contributed by atoms with van der Waals surface area (Å²) in [6.07, 6.45) is -2.04. The minimum atomic E-state index is -5.08. The van der Waals surface area contributed by atoms with Crippen LogP contribution in [-0.2, 0) is 27.9 Å². The van der Waals surface area contributed by atoms with Crippen molar-refractivity contribution in [3.63, 3.8) is 0 Å². The molecule has 1 aromatic heterocycles. The molecule has 3 heterocycles. The van der Waals surface area contributed by atoms with E-state index in [1.807, 2.05) is 24.4 Å². The van der Waals surface area contributed by atoms with Crippen LogP contribution in [-0.4, -0.2) is 54.2 Å². The lowest BCUT2D eigenvalue weighted by Gasteiger charge is -2.29. The molecule has 2 aromatic carbocycles. The SMILES string of the molecule is O=C(O)C(F)(F)F.O=S(=O)(c1ccccc1)n1cc2c3c(cccc31)CN(CC1CCNC1)C2. The van der Waals surface area contributed by atoms with Gasteiger partial charge in [-0.05, 0) is 54.8 Å². The third-order valence-corrected chi connectivity index (χ3v) is 7.66. The molecule has 34 heavy (non-hydrogen) atoms. The summed E-state index contributed by atoms with van der Waals surface area (Å²) in [4.78, 5) is 11.7. The molecule has 0 aliphatic carbocycles. The number of aromatic nitrogens is 1. The Bertz CT molecular complexity index is 1280. The molecule has 1 saturated heterocycles. The Hall–Kier alpha value is -2.89. The van der Waals surface area contributed by atoms with Crippen molar-refractivity contribution in [2.24, 2.45) is 5.92 Å². The fourth-order valence-electron chi connectivity index (χ4n) is 4.48. The number of benzene rings is 2. The lowest BCUT2D eigenvalue weighted by atomic mass is 9.99. The number of carboxylic acids is 1. The van der Waals surface area contributed by atoms with Crippen LogP contribution in [0, 0.1) is 5.92 Å². The van der Waals surface area contributed by atoms with E-state index in [1.54, 1.807) is 24.3 Å². The van der Waals surface area contributed by atoms with Crippen molar-refractivity contribution < 1.29 is 31.5 Å². The van der Waals surface area contributed by atoms with Crippen LogP contribution >= 0.6 is 0 Å². The molecule has 1 unspecified atom stereocenters. The summed E-state index contributed by atoms with van der Waals surface area (Å²) in [5, 5.41) is 11.7. The van der Waals surface area contributed by atoms with Crippen LogP contribution < -0.4 is 5.32 Å². The monoisotopic (exact) mass is 495 g/mol. The van der Waals surface area contributed by atoms with Crippen LogP contribution in [0.2, 0.25) is 0 Å². The number of aliphatic carboxylic acids is 1. The van der Waals surface area contributed by atoms with Gasteiger partial charge in [0.25, 0.3) is 10.0 Å². The molecule has 182 valence electrons. The average molecular weight is 496 g/mol. The highest BCUT2D eigenvalue weighted by Crippen LogP contribution is 2.34. The quantitative estimate of drug-likeness (QED) is 0.576. The highest BCUT2D eigenvalue weighted by Gasteiger charge is 2.38. The normalized spacial score (nSPS) is 18.5. The smallest absolute Gasteiger partial charge is 0.475 e. The first-order valence-corrected chi connectivity index (χ1v) is 12.2. The number of carbonyl (C=O) groups is 1. The first-order chi connectivity index (χ1) is 16.1. The van der Waals surface area contributed by atoms with E-state index >= 15 is 0 Å². The fraction of sp³-hybridized carbons (Fsp3) is 0.348. The lowest BCUT2D eigenvalue weighted by Crippen LogP contribution is -2.31. The zero-order valence-corrected chi connectivity index (χ0v) is 18.9. The molecule has 11 heteroatoms. The minimum absolute atomic E-state index is 0.326. The lowest BCUT2D eigenvalue weighted by molar-refractivity contribution is -0.192. The second-order valence-electron chi connectivity index (χ2n) is 8.41. The Morgan fingerprint density at radius 3 is 2.35 bits per heavy atom. The number of carboxylic acid groups (broad SMARTS) is 1. The van der Waals surface area contributed by atoms with Gasteiger partial charge in [-0.3, -0.25) is 4.90 Å². The van der Waals surface area contributed by atoms with Crippen molar-refractivity contribution in [1.82, 2.24) is 14.2 Å². The molecule has 0 spiro atoms. The number of nitrogens with zero attached hydrogens (tertiary/aromatic N) is 2. The van der Waals surface area contributed by atoms with Gasteiger partial charge in [0.1, 0.15) is 0 Å². The van der Waals surface area contributed by atoms with Crippen molar-refractivity contribution in [1.29, 1.82) is 0 Å². The Balaban J connectivity index is 0.000000344. The molecule has 2 aliphatic rings. The predicted octanol–water partition coefficient (Wildman–Crippen LogP) is 3.44. The molecule has 1 fully saturated rings. The molecule has 0 saturated carbocycles. The van der Waals surface area contributed by atoms with E-state index in [4.69, 9.17) is 9.90 Å². The summed E-state index contributed by atoms with van der Waals surface area (Å²) in [6.45, 7) is 4.93. The van der Waals surface area contributed by atoms with Gasteiger partial charge in [-0.25, -0.2) is 17.2 Å². The Labute approximate surface area is 194 Å². The van der Waals surface area contributed by atoms with E-state index in [2.05, 4.69) is 16.3 Å². The summed E-state index contributed by atoms with van der Waals surface area (Å²) in [7, 11) is -3.60. The van der Waals surface area contributed by atoms with Crippen LogP contribution in [0.25, 0.3) is 10.9 Å². The van der Waals surface area contributed by atoms with Crippen LogP contribution in [0.3, 0.4) is 0 Å². The zero-order chi connectivity index (χ0) is 24.5. The average Bonchev–Trinajstić information content (AvgIpc) is 3.43. The number of rotatable bonds is 4. The Morgan fingerprint density at radius 2 is 1.74 bits per heavy atom. The van der Waals surface area contributed by atoms with Crippen LogP contribution in [0.1, 0.15) is 17.5 Å². The number of hydrogen-bond donors (Lipinski definition) is 2. The molecule has 5 rings (SSSR count). The molecule has 0 bridgehead atoms. The number of nitrogens with one attached hydrogen (secondary N) is 1. The van der Waals surface area contributed by atoms with Crippen LogP contribution in [0.4, 0.5) is 13.2 Å². The molecule has 2 aliphatic heterocycles. The van der Waals surface area contributed by atoms with Gasteiger partial charge in [0.05, 0.1) is 10.4 Å². The van der Waals surface area contributed by atoms with Crippen molar-refractivity contribution in [3.8, 4) is 0 Å². The zero-order valence-electron chi connectivity index (χ0n) is 18.1. The topological polar surface area (TPSA) is 91.6 Å². The molecule has 0 radical (unpaired) electrons. The van der Waals surface area contributed by atoms with Gasteiger partial charge in [0.15, 0.2) is 0 Å². The second-order valence-corrected chi connectivity index (χ2v) is 10.2. The van der Waals surface area contributed by atoms with E-state index in [-0.39, 0.29) is 0 Å². The molecule has 3 aromatic rings. The van der Waals surface area contributed by atoms with Crippen LogP contribution in [0.5, 0.6) is 0 Å². The summed E-state index contributed by atoms with van der Waals surface area (Å²) >= 11 is 0. The third-order valence-electron chi connectivity index (χ3n) is 5.97. The van der Waals surface area contributed by atoms with Crippen molar-refractivity contribution in [3.05, 3.63) is 65.9 Å². The largest absolute Gasteiger partial charge is 0.490 e. The van der Waals surface area contributed by atoms with E-state index in [0.717, 1.165) is 49.2 Å². The molecule has 7 nitrogen and oxygen atoms in total. The summed E-state index contributed by atoms with van der Waals surface area (Å²) < 4.78 is 59.6. The van der Waals surface area contributed by atoms with Gasteiger partial charge in [0, 0.05) is 31.2 Å². The maximum absolute atomic E-state index is 13.2. The first-order valence-electron chi connectivity index (χ1n) is 10.7. The molecule has 0 amide bonds. The molecule has 1 atom stereocenters. The predicted molar refractivity (Wildman–Crippen MR) is 120 cm³/mol. The standard InChI is InChI=1S/C21H23N3O2S.C2HF3O2/c25-27(26,19-6-2-1-3-7-19)24-15-18-14-23(12-16-9-10-22-11-16)13-17-5-4-8-20(24)21(17)18;3-2(4,5)1(6)7/h1-8,15-16,22H,9-14H2;(H,6,7). The summed E-state index contributed by atoms with van der Waals surface area (Å²) in [6, 6.07) is 14.7. The third kappa shape index (κ3) is 4.96. The molecule has 2 N–H and O–H groups in total. The van der Waals surface area contributed by atoms with Gasteiger partial charge in [-0.15, -0.1) is 0 Å². The minimum Gasteiger partial charge on any atom is -0.475 e. The number of alkyl halides is 3. The first kappa shape index (κ1) is 24.2.